The molecule has 0 aromatic rings. The van der Waals surface area contributed by atoms with Crippen LogP contribution in [0.3, 0.4) is 0 Å². The van der Waals surface area contributed by atoms with E-state index in [1.54, 1.807) is 13.8 Å². The minimum Gasteiger partial charge on any atom is -1.00 e. The van der Waals surface area contributed by atoms with Gasteiger partial charge < -0.3 is 22.9 Å². The van der Waals surface area contributed by atoms with Gasteiger partial charge in [-0.15, -0.1) is 0 Å². The van der Waals surface area contributed by atoms with Gasteiger partial charge in [0.2, 0.25) is 0 Å². The minimum atomic E-state index is -0.578. The van der Waals surface area contributed by atoms with Crippen LogP contribution in [0.15, 0.2) is 12.7 Å². The molecule has 3 nitrogen and oxygen atoms in total. The molecule has 0 aromatic heterocycles. The molecule has 66 valence electrons. The van der Waals surface area contributed by atoms with Gasteiger partial charge >= 0.3 is 7.40 Å². The molecule has 0 saturated heterocycles. The lowest BCUT2D eigenvalue weighted by molar-refractivity contribution is -0.149. The summed E-state index contributed by atoms with van der Waals surface area (Å²) in [6, 6.07) is 0. The predicted molar refractivity (Wildman–Crippen MR) is 40.5 cm³/mol. The van der Waals surface area contributed by atoms with Gasteiger partial charge in [-0.2, -0.15) is 0 Å². The van der Waals surface area contributed by atoms with Crippen molar-refractivity contribution in [3.05, 3.63) is 12.7 Å². The van der Waals surface area contributed by atoms with E-state index in [1.807, 2.05) is 0 Å². The highest BCUT2D eigenvalue weighted by atomic mass is 35.5. The van der Waals surface area contributed by atoms with Gasteiger partial charge in [-0.1, -0.05) is 6.58 Å². The second-order valence-electron chi connectivity index (χ2n) is 2.59. The molecule has 0 aliphatic carbocycles. The number of esters is 1. The van der Waals surface area contributed by atoms with E-state index in [0.29, 0.717) is 6.54 Å². The third kappa shape index (κ3) is 5.88. The quantitative estimate of drug-likeness (QED) is 0.387. The lowest BCUT2D eigenvalue weighted by Crippen LogP contribution is -3.00. The molecule has 0 spiro atoms. The van der Waals surface area contributed by atoms with Crippen molar-refractivity contribution in [2.75, 3.05) is 6.54 Å². The van der Waals surface area contributed by atoms with Crippen LogP contribution in [0, 0.1) is 0 Å². The SMILES string of the molecule is C=CC(=O)OC(C)(C)CN.[Cl-].[H+]. The molecule has 0 unspecified atom stereocenters. The van der Waals surface area contributed by atoms with E-state index in [2.05, 4.69) is 6.58 Å². The van der Waals surface area contributed by atoms with Gasteiger partial charge in [-0.05, 0) is 13.8 Å². The molecule has 0 atom stereocenters. The number of hydrogen-bond donors (Lipinski definition) is 1. The fourth-order valence-electron chi connectivity index (χ4n) is 0.356. The zero-order valence-electron chi connectivity index (χ0n) is 7.76. The number of hydrogen-bond acceptors (Lipinski definition) is 3. The van der Waals surface area contributed by atoms with E-state index in [-0.39, 0.29) is 13.8 Å². The Morgan fingerprint density at radius 1 is 1.82 bits per heavy atom. The average Bonchev–Trinajstić information content (AvgIpc) is 1.87. The lowest BCUT2D eigenvalue weighted by atomic mass is 10.1. The van der Waals surface area contributed by atoms with E-state index in [0.717, 1.165) is 6.08 Å². The highest BCUT2D eigenvalue weighted by molar-refractivity contribution is 5.81. The van der Waals surface area contributed by atoms with Crippen LogP contribution < -0.4 is 18.1 Å². The van der Waals surface area contributed by atoms with E-state index in [9.17, 15) is 4.79 Å². The van der Waals surface area contributed by atoms with Crippen LogP contribution in [-0.4, -0.2) is 18.1 Å². The third-order valence-corrected chi connectivity index (χ3v) is 1.04. The summed E-state index contributed by atoms with van der Waals surface area (Å²) in [7, 11) is 0. The van der Waals surface area contributed by atoms with E-state index >= 15 is 0 Å². The molecule has 0 heterocycles. The molecule has 0 rings (SSSR count). The highest BCUT2D eigenvalue weighted by Gasteiger charge is 2.18. The molecule has 0 aliphatic heterocycles. The summed E-state index contributed by atoms with van der Waals surface area (Å²) in [6.45, 7) is 7.06. The number of carbonyl (C=O) groups excluding carboxylic acids is 1. The molecular formula is C7H14ClNO2. The van der Waals surface area contributed by atoms with Crippen molar-refractivity contribution >= 4 is 5.97 Å². The topological polar surface area (TPSA) is 52.3 Å². The first-order valence-corrected chi connectivity index (χ1v) is 3.07. The van der Waals surface area contributed by atoms with Crippen LogP contribution >= 0.6 is 0 Å². The molecule has 0 aliphatic rings. The Kier molecular flexibility index (Phi) is 6.13. The maximum absolute atomic E-state index is 10.6. The van der Waals surface area contributed by atoms with Gasteiger partial charge in [0.15, 0.2) is 0 Å². The lowest BCUT2D eigenvalue weighted by Gasteiger charge is -2.21. The maximum atomic E-state index is 10.6. The van der Waals surface area contributed by atoms with Gasteiger partial charge in [0.1, 0.15) is 5.60 Å². The Bertz CT molecular complexity index is 150. The predicted octanol–water partition coefficient (Wildman–Crippen LogP) is -2.43. The smallest absolute Gasteiger partial charge is 1.00 e. The van der Waals surface area contributed by atoms with Crippen LogP contribution in [0.1, 0.15) is 15.3 Å². The second kappa shape index (κ2) is 5.16. The first-order chi connectivity index (χ1) is 4.52. The zero-order valence-corrected chi connectivity index (χ0v) is 7.52. The molecular weight excluding hydrogens is 166 g/mol. The summed E-state index contributed by atoms with van der Waals surface area (Å²) in [6.07, 6.45) is 1.12. The summed E-state index contributed by atoms with van der Waals surface area (Å²) >= 11 is 0. The number of ether oxygens (including phenoxy) is 1. The molecule has 11 heavy (non-hydrogen) atoms. The summed E-state index contributed by atoms with van der Waals surface area (Å²) in [5.41, 5.74) is 4.72. The van der Waals surface area contributed by atoms with Crippen LogP contribution in [0.25, 0.3) is 0 Å². The van der Waals surface area contributed by atoms with Gasteiger partial charge in [-0.25, -0.2) is 4.79 Å². The Labute approximate surface area is 74.5 Å². The summed E-state index contributed by atoms with van der Waals surface area (Å²) in [4.78, 5) is 10.6. The fraction of sp³-hybridized carbons (Fsp3) is 0.571. The molecule has 0 bridgehead atoms. The second-order valence-corrected chi connectivity index (χ2v) is 2.59. The van der Waals surface area contributed by atoms with Crippen molar-refractivity contribution in [3.63, 3.8) is 0 Å². The largest absolute Gasteiger partial charge is 1.00 e. The van der Waals surface area contributed by atoms with Crippen molar-refractivity contribution < 1.29 is 23.4 Å². The highest BCUT2D eigenvalue weighted by Crippen LogP contribution is 2.06. The van der Waals surface area contributed by atoms with Gasteiger partial charge in [0.25, 0.3) is 0 Å². The zero-order chi connectivity index (χ0) is 8.20. The van der Waals surface area contributed by atoms with E-state index in [1.165, 1.54) is 0 Å². The normalized spacial score (nSPS) is 9.73. The number of carbonyl (C=O) groups is 1. The van der Waals surface area contributed by atoms with Crippen LogP contribution in [0.2, 0.25) is 0 Å². The van der Waals surface area contributed by atoms with Crippen molar-refractivity contribution in [1.29, 1.82) is 0 Å². The standard InChI is InChI=1S/C7H13NO2.ClH/c1-4-6(9)10-7(2,3)5-8;/h4H,1,5,8H2,2-3H3;1H. The first kappa shape index (κ1) is 13.1. The number of rotatable bonds is 3. The summed E-state index contributed by atoms with van der Waals surface area (Å²) in [5, 5.41) is 0. The molecule has 0 fully saturated rings. The Balaban J connectivity index is -0.000000405. The molecule has 0 aromatic carbocycles. The molecule has 0 radical (unpaired) electrons. The maximum Gasteiger partial charge on any atom is 1.00 e. The van der Waals surface area contributed by atoms with Crippen molar-refractivity contribution in [2.45, 2.75) is 19.4 Å². The fourth-order valence-corrected chi connectivity index (χ4v) is 0.356. The van der Waals surface area contributed by atoms with E-state index < -0.39 is 11.6 Å². The van der Waals surface area contributed by atoms with Crippen molar-refractivity contribution in [3.8, 4) is 0 Å². The molecule has 4 heteroatoms. The van der Waals surface area contributed by atoms with Crippen molar-refractivity contribution in [1.82, 2.24) is 0 Å². The van der Waals surface area contributed by atoms with Gasteiger partial charge in [0.05, 0.1) is 0 Å². The summed E-state index contributed by atoms with van der Waals surface area (Å²) < 4.78 is 4.85. The average molecular weight is 180 g/mol. The van der Waals surface area contributed by atoms with Gasteiger partial charge in [-0.3, -0.25) is 0 Å². The Morgan fingerprint density at radius 2 is 2.27 bits per heavy atom. The van der Waals surface area contributed by atoms with Crippen LogP contribution in [0.4, 0.5) is 0 Å². The van der Waals surface area contributed by atoms with Crippen LogP contribution in [0.5, 0.6) is 0 Å². The van der Waals surface area contributed by atoms with Crippen LogP contribution in [-0.2, 0) is 9.53 Å². The molecule has 2 N–H and O–H groups in total. The Morgan fingerprint density at radius 3 is 2.55 bits per heavy atom. The molecule has 0 amide bonds. The monoisotopic (exact) mass is 179 g/mol. The number of nitrogens with two attached hydrogens (primary N) is 1. The van der Waals surface area contributed by atoms with Gasteiger partial charge in [0, 0.05) is 12.6 Å². The third-order valence-electron chi connectivity index (χ3n) is 1.04. The Hall–Kier alpha value is -0.540. The summed E-state index contributed by atoms with van der Waals surface area (Å²) in [5.74, 6) is -0.435. The van der Waals surface area contributed by atoms with E-state index in [4.69, 9.17) is 10.5 Å². The number of halogens is 1. The van der Waals surface area contributed by atoms with Crippen molar-refractivity contribution in [2.24, 2.45) is 5.73 Å². The first-order valence-electron chi connectivity index (χ1n) is 3.07. The minimum absolute atomic E-state index is 0. The molecule has 0 saturated carbocycles.